The van der Waals surface area contributed by atoms with E-state index in [2.05, 4.69) is 41.0 Å². The third kappa shape index (κ3) is 3.71. The quantitative estimate of drug-likeness (QED) is 0.856. The highest BCUT2D eigenvalue weighted by atomic mass is 16.1. The molecule has 0 bridgehead atoms. The van der Waals surface area contributed by atoms with Gasteiger partial charge in [-0.05, 0) is 66.1 Å². The van der Waals surface area contributed by atoms with Gasteiger partial charge >= 0.3 is 0 Å². The first-order valence-corrected chi connectivity index (χ1v) is 9.55. The minimum atomic E-state index is 0.0512. The Morgan fingerprint density at radius 3 is 2.56 bits per heavy atom. The highest BCUT2D eigenvalue weighted by molar-refractivity contribution is 5.94. The number of carbonyl (C=O) groups is 1. The molecule has 1 fully saturated rings. The largest absolute Gasteiger partial charge is 0.384 e. The van der Waals surface area contributed by atoms with Crippen LogP contribution in [0.25, 0.3) is 11.1 Å². The molecule has 0 spiro atoms. The van der Waals surface area contributed by atoms with Gasteiger partial charge in [-0.15, -0.1) is 0 Å². The zero-order chi connectivity index (χ0) is 17.1. The van der Waals surface area contributed by atoms with E-state index in [0.717, 1.165) is 25.1 Å². The topological polar surface area (TPSA) is 41.1 Å². The Morgan fingerprint density at radius 2 is 1.76 bits per heavy atom. The number of fused-ring (bicyclic) bond motifs is 1. The number of nitrogens with one attached hydrogen (secondary N) is 2. The first-order chi connectivity index (χ1) is 12.3. The minimum absolute atomic E-state index is 0.0512. The van der Waals surface area contributed by atoms with Gasteiger partial charge in [-0.25, -0.2) is 0 Å². The van der Waals surface area contributed by atoms with Gasteiger partial charge in [0.05, 0.1) is 0 Å². The molecular weight excluding hydrogens is 308 g/mol. The van der Waals surface area contributed by atoms with Crippen molar-refractivity contribution in [3.63, 3.8) is 0 Å². The molecule has 1 aliphatic heterocycles. The van der Waals surface area contributed by atoms with Gasteiger partial charge < -0.3 is 10.6 Å². The molecule has 130 valence electrons. The lowest BCUT2D eigenvalue weighted by Crippen LogP contribution is -2.30. The van der Waals surface area contributed by atoms with Crippen LogP contribution in [0.5, 0.6) is 0 Å². The van der Waals surface area contributed by atoms with E-state index in [0.29, 0.717) is 5.92 Å². The number of amides is 1. The smallest absolute Gasteiger partial charge is 0.251 e. The SMILES string of the molecule is O=C(NCC1CCCCC1)c1ccc(-c2ccc3c(c2)CCN3)cc1. The van der Waals surface area contributed by atoms with Gasteiger partial charge in [-0.3, -0.25) is 4.79 Å². The second kappa shape index (κ2) is 7.30. The van der Waals surface area contributed by atoms with Crippen LogP contribution in [-0.4, -0.2) is 19.0 Å². The summed E-state index contributed by atoms with van der Waals surface area (Å²) in [5, 5.41) is 6.51. The maximum absolute atomic E-state index is 12.4. The first kappa shape index (κ1) is 16.2. The molecule has 3 heteroatoms. The maximum atomic E-state index is 12.4. The second-order valence-corrected chi connectivity index (χ2v) is 7.34. The molecule has 2 aromatic rings. The van der Waals surface area contributed by atoms with Crippen molar-refractivity contribution in [3.8, 4) is 11.1 Å². The van der Waals surface area contributed by atoms with E-state index in [1.807, 2.05) is 12.1 Å². The third-order valence-corrected chi connectivity index (χ3v) is 5.57. The average molecular weight is 334 g/mol. The molecule has 0 atom stereocenters. The molecule has 1 amide bonds. The predicted octanol–water partition coefficient (Wildman–Crippen LogP) is 4.63. The van der Waals surface area contributed by atoms with Crippen LogP contribution in [0.1, 0.15) is 48.0 Å². The van der Waals surface area contributed by atoms with Crippen molar-refractivity contribution in [2.24, 2.45) is 5.92 Å². The summed E-state index contributed by atoms with van der Waals surface area (Å²) in [5.74, 6) is 0.715. The van der Waals surface area contributed by atoms with Gasteiger partial charge in [0.1, 0.15) is 0 Å². The molecule has 2 N–H and O–H groups in total. The lowest BCUT2D eigenvalue weighted by atomic mass is 9.89. The van der Waals surface area contributed by atoms with Crippen molar-refractivity contribution in [2.45, 2.75) is 38.5 Å². The van der Waals surface area contributed by atoms with Crippen LogP contribution in [0.15, 0.2) is 42.5 Å². The summed E-state index contributed by atoms with van der Waals surface area (Å²) < 4.78 is 0. The molecule has 0 saturated heterocycles. The highest BCUT2D eigenvalue weighted by Crippen LogP contribution is 2.28. The van der Waals surface area contributed by atoms with Crippen LogP contribution in [0, 0.1) is 5.92 Å². The van der Waals surface area contributed by atoms with Crippen molar-refractivity contribution >= 4 is 11.6 Å². The summed E-state index contributed by atoms with van der Waals surface area (Å²) in [5.41, 5.74) is 5.77. The fourth-order valence-corrected chi connectivity index (χ4v) is 4.03. The Kier molecular flexibility index (Phi) is 4.73. The summed E-state index contributed by atoms with van der Waals surface area (Å²) in [6, 6.07) is 14.6. The van der Waals surface area contributed by atoms with E-state index in [1.165, 1.54) is 54.5 Å². The zero-order valence-corrected chi connectivity index (χ0v) is 14.7. The van der Waals surface area contributed by atoms with Crippen LogP contribution in [0.4, 0.5) is 5.69 Å². The van der Waals surface area contributed by atoms with Crippen molar-refractivity contribution in [3.05, 3.63) is 53.6 Å². The Bertz CT molecular complexity index is 745. The first-order valence-electron chi connectivity index (χ1n) is 9.55. The minimum Gasteiger partial charge on any atom is -0.384 e. The molecular formula is C22H26N2O. The molecule has 2 aromatic carbocycles. The second-order valence-electron chi connectivity index (χ2n) is 7.34. The van der Waals surface area contributed by atoms with Crippen LogP contribution < -0.4 is 10.6 Å². The molecule has 0 unspecified atom stereocenters. The number of anilines is 1. The average Bonchev–Trinajstić information content (AvgIpc) is 3.15. The monoisotopic (exact) mass is 334 g/mol. The Hall–Kier alpha value is -2.29. The summed E-state index contributed by atoms with van der Waals surface area (Å²) in [6.07, 6.45) is 7.57. The maximum Gasteiger partial charge on any atom is 0.251 e. The lowest BCUT2D eigenvalue weighted by molar-refractivity contribution is 0.0943. The van der Waals surface area contributed by atoms with Crippen LogP contribution in [0.2, 0.25) is 0 Å². The Morgan fingerprint density at radius 1 is 1.00 bits per heavy atom. The van der Waals surface area contributed by atoms with E-state index in [1.54, 1.807) is 0 Å². The normalized spacial score (nSPS) is 17.0. The Labute approximate surface area is 149 Å². The van der Waals surface area contributed by atoms with Gasteiger partial charge in [-0.2, -0.15) is 0 Å². The number of benzene rings is 2. The molecule has 1 heterocycles. The summed E-state index contributed by atoms with van der Waals surface area (Å²) in [6.45, 7) is 1.84. The number of rotatable bonds is 4. The van der Waals surface area contributed by atoms with Gasteiger partial charge in [0, 0.05) is 24.3 Å². The van der Waals surface area contributed by atoms with Gasteiger partial charge in [0.15, 0.2) is 0 Å². The fourth-order valence-electron chi connectivity index (χ4n) is 4.03. The third-order valence-electron chi connectivity index (χ3n) is 5.57. The zero-order valence-electron chi connectivity index (χ0n) is 14.7. The molecule has 1 aliphatic carbocycles. The summed E-state index contributed by atoms with van der Waals surface area (Å²) in [4.78, 5) is 12.4. The van der Waals surface area contributed by atoms with Crippen LogP contribution in [0.3, 0.4) is 0 Å². The number of hydrogen-bond acceptors (Lipinski definition) is 2. The van der Waals surface area contributed by atoms with Crippen molar-refractivity contribution < 1.29 is 4.79 Å². The fraction of sp³-hybridized carbons (Fsp3) is 0.409. The van der Waals surface area contributed by atoms with Crippen molar-refractivity contribution in [2.75, 3.05) is 18.4 Å². The number of hydrogen-bond donors (Lipinski definition) is 2. The van der Waals surface area contributed by atoms with E-state index >= 15 is 0 Å². The van der Waals surface area contributed by atoms with Gasteiger partial charge in [0.25, 0.3) is 5.91 Å². The molecule has 4 rings (SSSR count). The van der Waals surface area contributed by atoms with Crippen molar-refractivity contribution in [1.29, 1.82) is 0 Å². The van der Waals surface area contributed by atoms with E-state index in [4.69, 9.17) is 0 Å². The van der Waals surface area contributed by atoms with E-state index in [-0.39, 0.29) is 5.91 Å². The standard InChI is InChI=1S/C22H26N2O/c25-22(24-15-16-4-2-1-3-5-16)18-8-6-17(7-9-18)19-10-11-21-20(14-19)12-13-23-21/h6-11,14,16,23H,1-5,12-13,15H2,(H,24,25). The summed E-state index contributed by atoms with van der Waals surface area (Å²) in [7, 11) is 0. The van der Waals surface area contributed by atoms with E-state index < -0.39 is 0 Å². The van der Waals surface area contributed by atoms with Crippen molar-refractivity contribution in [1.82, 2.24) is 5.32 Å². The molecule has 25 heavy (non-hydrogen) atoms. The highest BCUT2D eigenvalue weighted by Gasteiger charge is 2.15. The van der Waals surface area contributed by atoms with E-state index in [9.17, 15) is 4.79 Å². The van der Waals surface area contributed by atoms with Gasteiger partial charge in [0.2, 0.25) is 0 Å². The van der Waals surface area contributed by atoms with Gasteiger partial charge in [-0.1, -0.05) is 37.5 Å². The molecule has 2 aliphatic rings. The van der Waals surface area contributed by atoms with Crippen LogP contribution >= 0.6 is 0 Å². The van der Waals surface area contributed by atoms with Crippen LogP contribution in [-0.2, 0) is 6.42 Å². The lowest BCUT2D eigenvalue weighted by Gasteiger charge is -2.21. The molecule has 3 nitrogen and oxygen atoms in total. The Balaban J connectivity index is 1.40. The summed E-state index contributed by atoms with van der Waals surface area (Å²) >= 11 is 0. The molecule has 0 radical (unpaired) electrons. The molecule has 1 saturated carbocycles. The number of carbonyl (C=O) groups excluding carboxylic acids is 1. The molecule has 0 aromatic heterocycles. The predicted molar refractivity (Wildman–Crippen MR) is 103 cm³/mol.